The summed E-state index contributed by atoms with van der Waals surface area (Å²) in [5.74, 6) is 0. The molecule has 0 spiro atoms. The van der Waals surface area contributed by atoms with E-state index >= 15 is 0 Å². The van der Waals surface area contributed by atoms with Gasteiger partial charge in [-0.25, -0.2) is 0 Å². The van der Waals surface area contributed by atoms with Gasteiger partial charge >= 0.3 is 0 Å². The molecule has 0 aliphatic rings. The fourth-order valence-electron chi connectivity index (χ4n) is 1.11. The van der Waals surface area contributed by atoms with Crippen molar-refractivity contribution < 1.29 is 0 Å². The lowest BCUT2D eigenvalue weighted by Gasteiger charge is -1.97. The van der Waals surface area contributed by atoms with Gasteiger partial charge in [0.05, 0.1) is 5.69 Å². The molecular formula is C9H6BrClN2. The summed E-state index contributed by atoms with van der Waals surface area (Å²) >= 11 is 9.17. The topological polar surface area (TPSA) is 28.7 Å². The van der Waals surface area contributed by atoms with E-state index < -0.39 is 0 Å². The minimum Gasteiger partial charge on any atom is -0.267 e. The Kier molecular flexibility index (Phi) is 2.38. The van der Waals surface area contributed by atoms with Crippen LogP contribution in [-0.2, 0) is 0 Å². The van der Waals surface area contributed by atoms with Crippen molar-refractivity contribution in [2.75, 3.05) is 0 Å². The first kappa shape index (κ1) is 8.78. The highest BCUT2D eigenvalue weighted by atomic mass is 79.9. The van der Waals surface area contributed by atoms with Gasteiger partial charge in [-0.2, -0.15) is 5.10 Å². The molecule has 13 heavy (non-hydrogen) atoms. The highest BCUT2D eigenvalue weighted by Crippen LogP contribution is 2.27. The van der Waals surface area contributed by atoms with Crippen LogP contribution in [0.25, 0.3) is 11.3 Å². The van der Waals surface area contributed by atoms with Gasteiger partial charge in [0.1, 0.15) is 5.15 Å². The molecule has 4 heteroatoms. The number of H-pyrrole nitrogens is 1. The Bertz CT molecular complexity index is 425. The second-order valence-corrected chi connectivity index (χ2v) is 3.84. The van der Waals surface area contributed by atoms with Crippen LogP contribution in [0.1, 0.15) is 0 Å². The summed E-state index contributed by atoms with van der Waals surface area (Å²) in [5.41, 5.74) is 1.88. The Morgan fingerprint density at radius 2 is 2.08 bits per heavy atom. The van der Waals surface area contributed by atoms with Crippen molar-refractivity contribution in [1.29, 1.82) is 0 Å². The van der Waals surface area contributed by atoms with Crippen LogP contribution in [-0.4, -0.2) is 10.2 Å². The number of hydrogen-bond acceptors (Lipinski definition) is 1. The quantitative estimate of drug-likeness (QED) is 0.832. The number of nitrogens with zero attached hydrogens (tertiary/aromatic N) is 1. The van der Waals surface area contributed by atoms with Crippen molar-refractivity contribution in [1.82, 2.24) is 10.2 Å². The molecule has 0 radical (unpaired) electrons. The minimum absolute atomic E-state index is 0.547. The summed E-state index contributed by atoms with van der Waals surface area (Å²) in [6.45, 7) is 0. The third-order valence-electron chi connectivity index (χ3n) is 1.70. The Balaban J connectivity index is 2.52. The highest BCUT2D eigenvalue weighted by Gasteiger charge is 2.04. The second-order valence-electron chi connectivity index (χ2n) is 2.58. The van der Waals surface area contributed by atoms with Crippen LogP contribution in [0.5, 0.6) is 0 Å². The fraction of sp³-hybridized carbons (Fsp3) is 0. The van der Waals surface area contributed by atoms with Gasteiger partial charge in [-0.1, -0.05) is 45.7 Å². The van der Waals surface area contributed by atoms with Crippen LogP contribution in [0.15, 0.2) is 34.8 Å². The van der Waals surface area contributed by atoms with Crippen molar-refractivity contribution in [2.24, 2.45) is 0 Å². The lowest BCUT2D eigenvalue weighted by atomic mass is 10.2. The molecule has 1 aromatic carbocycles. The summed E-state index contributed by atoms with van der Waals surface area (Å²) < 4.78 is 1.01. The molecule has 0 aliphatic heterocycles. The SMILES string of the molecule is Clc1cc(-c2ccccc2Br)n[nH]1. The lowest BCUT2D eigenvalue weighted by molar-refractivity contribution is 1.09. The predicted molar refractivity (Wildman–Crippen MR) is 56.7 cm³/mol. The normalized spacial score (nSPS) is 10.3. The second kappa shape index (κ2) is 3.52. The minimum atomic E-state index is 0.547. The first-order valence-electron chi connectivity index (χ1n) is 3.73. The Morgan fingerprint density at radius 3 is 2.69 bits per heavy atom. The van der Waals surface area contributed by atoms with Crippen LogP contribution >= 0.6 is 27.5 Å². The summed E-state index contributed by atoms with van der Waals surface area (Å²) in [6, 6.07) is 9.67. The van der Waals surface area contributed by atoms with E-state index in [2.05, 4.69) is 26.1 Å². The van der Waals surface area contributed by atoms with Crippen LogP contribution in [0, 0.1) is 0 Å². The average molecular weight is 258 g/mol. The molecule has 2 nitrogen and oxygen atoms in total. The summed E-state index contributed by atoms with van der Waals surface area (Å²) in [7, 11) is 0. The van der Waals surface area contributed by atoms with Crippen molar-refractivity contribution in [3.8, 4) is 11.3 Å². The molecular weight excluding hydrogens is 251 g/mol. The van der Waals surface area contributed by atoms with E-state index in [1.807, 2.05) is 24.3 Å². The number of halogens is 2. The molecule has 1 N–H and O–H groups in total. The number of aromatic nitrogens is 2. The van der Waals surface area contributed by atoms with E-state index in [0.29, 0.717) is 5.15 Å². The monoisotopic (exact) mass is 256 g/mol. The largest absolute Gasteiger partial charge is 0.267 e. The number of benzene rings is 1. The zero-order valence-electron chi connectivity index (χ0n) is 6.59. The molecule has 0 bridgehead atoms. The summed E-state index contributed by atoms with van der Waals surface area (Å²) in [5, 5.41) is 7.30. The van der Waals surface area contributed by atoms with Crippen molar-refractivity contribution in [2.45, 2.75) is 0 Å². The number of aromatic amines is 1. The number of hydrogen-bond donors (Lipinski definition) is 1. The molecule has 66 valence electrons. The third kappa shape index (κ3) is 1.76. The first-order chi connectivity index (χ1) is 6.27. The average Bonchev–Trinajstić information content (AvgIpc) is 2.53. The number of nitrogens with one attached hydrogen (secondary N) is 1. The van der Waals surface area contributed by atoms with Crippen LogP contribution in [0.4, 0.5) is 0 Å². The van der Waals surface area contributed by atoms with E-state index in [4.69, 9.17) is 11.6 Å². The zero-order chi connectivity index (χ0) is 9.26. The Labute approximate surface area is 89.1 Å². The molecule has 1 aromatic heterocycles. The van der Waals surface area contributed by atoms with Gasteiger partial charge in [0.15, 0.2) is 0 Å². The van der Waals surface area contributed by atoms with Gasteiger partial charge in [-0.3, -0.25) is 5.10 Å². The fourth-order valence-corrected chi connectivity index (χ4v) is 1.74. The Hall–Kier alpha value is -0.800. The van der Waals surface area contributed by atoms with Gasteiger partial charge < -0.3 is 0 Å². The standard InChI is InChI=1S/C9H6BrClN2/c10-7-4-2-1-3-6(7)8-5-9(11)13-12-8/h1-5H,(H,12,13). The maximum Gasteiger partial charge on any atom is 0.124 e. The highest BCUT2D eigenvalue weighted by molar-refractivity contribution is 9.10. The van der Waals surface area contributed by atoms with Gasteiger partial charge in [0, 0.05) is 16.1 Å². The molecule has 0 atom stereocenters. The molecule has 2 rings (SSSR count). The van der Waals surface area contributed by atoms with E-state index in [-0.39, 0.29) is 0 Å². The van der Waals surface area contributed by atoms with Crippen LogP contribution in [0.2, 0.25) is 5.15 Å². The zero-order valence-corrected chi connectivity index (χ0v) is 8.93. The van der Waals surface area contributed by atoms with Gasteiger partial charge in [0.25, 0.3) is 0 Å². The van der Waals surface area contributed by atoms with E-state index in [1.54, 1.807) is 6.07 Å². The molecule has 0 fully saturated rings. The van der Waals surface area contributed by atoms with E-state index in [1.165, 1.54) is 0 Å². The molecule has 0 unspecified atom stereocenters. The van der Waals surface area contributed by atoms with Gasteiger partial charge in [0.2, 0.25) is 0 Å². The maximum atomic E-state index is 5.73. The van der Waals surface area contributed by atoms with Crippen LogP contribution in [0.3, 0.4) is 0 Å². The maximum absolute atomic E-state index is 5.73. The molecule has 0 saturated carbocycles. The molecule has 0 aliphatic carbocycles. The van der Waals surface area contributed by atoms with E-state index in [9.17, 15) is 0 Å². The van der Waals surface area contributed by atoms with Crippen molar-refractivity contribution in [3.05, 3.63) is 40.0 Å². The van der Waals surface area contributed by atoms with Crippen LogP contribution < -0.4 is 0 Å². The van der Waals surface area contributed by atoms with E-state index in [0.717, 1.165) is 15.7 Å². The molecule has 1 heterocycles. The summed E-state index contributed by atoms with van der Waals surface area (Å²) in [6.07, 6.45) is 0. The van der Waals surface area contributed by atoms with Crippen molar-refractivity contribution >= 4 is 27.5 Å². The van der Waals surface area contributed by atoms with Gasteiger partial charge in [-0.15, -0.1) is 0 Å². The first-order valence-corrected chi connectivity index (χ1v) is 4.90. The number of rotatable bonds is 1. The Morgan fingerprint density at radius 1 is 1.31 bits per heavy atom. The molecule has 0 saturated heterocycles. The molecule has 2 aromatic rings. The molecule has 0 amide bonds. The smallest absolute Gasteiger partial charge is 0.124 e. The van der Waals surface area contributed by atoms with Gasteiger partial charge in [-0.05, 0) is 6.07 Å². The van der Waals surface area contributed by atoms with Crippen molar-refractivity contribution in [3.63, 3.8) is 0 Å². The third-order valence-corrected chi connectivity index (χ3v) is 2.58. The summed E-state index contributed by atoms with van der Waals surface area (Å²) in [4.78, 5) is 0. The lowest BCUT2D eigenvalue weighted by Crippen LogP contribution is -1.78. The predicted octanol–water partition coefficient (Wildman–Crippen LogP) is 3.49.